The molecule has 0 saturated carbocycles. The number of aromatic nitrogens is 2. The molecule has 0 aliphatic heterocycles. The van der Waals surface area contributed by atoms with Gasteiger partial charge in [0.1, 0.15) is 4.83 Å². The zero-order valence-corrected chi connectivity index (χ0v) is 17.1. The molecule has 9 heteroatoms. The van der Waals surface area contributed by atoms with Crippen molar-refractivity contribution in [2.75, 3.05) is 33.1 Å². The van der Waals surface area contributed by atoms with Crippen LogP contribution in [0, 0.1) is 11.3 Å². The van der Waals surface area contributed by atoms with Gasteiger partial charge in [-0.2, -0.15) is 5.26 Å². The lowest BCUT2D eigenvalue weighted by molar-refractivity contribution is -0.127. The molecule has 0 spiro atoms. The number of nitriles is 1. The fourth-order valence-electron chi connectivity index (χ4n) is 3.13. The standard InChI is InChI=1S/C18H22N4O3S2/c1-21(8-4-7-19)14(23)11-26-18-20-16-15(12-5-3-6-13(12)27-16)17(24)22(18)9-10-25-2/h3-6,8-11H2,1-2H3. The normalized spacial score (nSPS) is 12.9. The summed E-state index contributed by atoms with van der Waals surface area (Å²) in [5.41, 5.74) is 1.12. The number of carbonyl (C=O) groups is 1. The fourth-order valence-corrected chi connectivity index (χ4v) is 5.40. The highest BCUT2D eigenvalue weighted by molar-refractivity contribution is 7.99. The molecule has 1 aliphatic carbocycles. The molecule has 0 bridgehead atoms. The zero-order chi connectivity index (χ0) is 19.4. The second kappa shape index (κ2) is 8.87. The van der Waals surface area contributed by atoms with E-state index in [1.807, 2.05) is 6.07 Å². The van der Waals surface area contributed by atoms with Crippen molar-refractivity contribution in [1.29, 1.82) is 5.26 Å². The molecule has 7 nitrogen and oxygen atoms in total. The molecule has 0 N–H and O–H groups in total. The van der Waals surface area contributed by atoms with E-state index in [1.54, 1.807) is 30.1 Å². The Balaban J connectivity index is 1.88. The number of hydrogen-bond donors (Lipinski definition) is 0. The predicted molar refractivity (Wildman–Crippen MR) is 106 cm³/mol. The van der Waals surface area contributed by atoms with Gasteiger partial charge in [0.25, 0.3) is 5.56 Å². The maximum absolute atomic E-state index is 13.1. The lowest BCUT2D eigenvalue weighted by atomic mass is 10.2. The first-order valence-corrected chi connectivity index (χ1v) is 10.6. The number of carbonyl (C=O) groups excluding carboxylic acids is 1. The third-order valence-corrected chi connectivity index (χ3v) is 6.77. The van der Waals surface area contributed by atoms with E-state index < -0.39 is 0 Å². The summed E-state index contributed by atoms with van der Waals surface area (Å²) in [6.07, 6.45) is 3.34. The average molecular weight is 407 g/mol. The van der Waals surface area contributed by atoms with Gasteiger partial charge >= 0.3 is 0 Å². The Morgan fingerprint density at radius 3 is 3.04 bits per heavy atom. The van der Waals surface area contributed by atoms with Crippen LogP contribution in [-0.2, 0) is 28.9 Å². The Morgan fingerprint density at radius 2 is 2.30 bits per heavy atom. The molecule has 2 aromatic rings. The lowest BCUT2D eigenvalue weighted by Crippen LogP contribution is -2.30. The van der Waals surface area contributed by atoms with Gasteiger partial charge in [0.2, 0.25) is 5.91 Å². The number of fused-ring (bicyclic) bond motifs is 3. The molecule has 0 unspecified atom stereocenters. The molecule has 2 aromatic heterocycles. The zero-order valence-electron chi connectivity index (χ0n) is 15.5. The highest BCUT2D eigenvalue weighted by atomic mass is 32.2. The number of thioether (sulfide) groups is 1. The van der Waals surface area contributed by atoms with Gasteiger partial charge in [-0.05, 0) is 24.8 Å². The third kappa shape index (κ3) is 4.18. The van der Waals surface area contributed by atoms with Crippen LogP contribution in [-0.4, -0.2) is 53.4 Å². The second-order valence-electron chi connectivity index (χ2n) is 6.39. The third-order valence-electron chi connectivity index (χ3n) is 4.62. The maximum Gasteiger partial charge on any atom is 0.263 e. The molecule has 144 valence electrons. The molecule has 27 heavy (non-hydrogen) atoms. The molecule has 0 radical (unpaired) electrons. The Bertz CT molecular complexity index is 945. The summed E-state index contributed by atoms with van der Waals surface area (Å²) in [6, 6.07) is 2.03. The van der Waals surface area contributed by atoms with Crippen LogP contribution in [0.2, 0.25) is 0 Å². The smallest absolute Gasteiger partial charge is 0.263 e. The molecular weight excluding hydrogens is 384 g/mol. The molecule has 2 heterocycles. The first kappa shape index (κ1) is 19.9. The molecule has 3 rings (SSSR count). The average Bonchev–Trinajstić information content (AvgIpc) is 3.24. The highest BCUT2D eigenvalue weighted by Crippen LogP contribution is 2.35. The van der Waals surface area contributed by atoms with Gasteiger partial charge in [-0.15, -0.1) is 11.3 Å². The van der Waals surface area contributed by atoms with Crippen LogP contribution in [0.25, 0.3) is 10.2 Å². The number of ether oxygens (including phenoxy) is 1. The van der Waals surface area contributed by atoms with Gasteiger partial charge in [0, 0.05) is 25.6 Å². The Morgan fingerprint density at radius 1 is 1.48 bits per heavy atom. The summed E-state index contributed by atoms with van der Waals surface area (Å²) < 4.78 is 6.78. The summed E-state index contributed by atoms with van der Waals surface area (Å²) in [7, 11) is 3.28. The lowest BCUT2D eigenvalue weighted by Gasteiger charge is -2.16. The number of rotatable bonds is 8. The molecule has 1 amide bonds. The van der Waals surface area contributed by atoms with E-state index in [0.29, 0.717) is 31.3 Å². The van der Waals surface area contributed by atoms with E-state index in [0.717, 1.165) is 35.0 Å². The van der Waals surface area contributed by atoms with E-state index >= 15 is 0 Å². The summed E-state index contributed by atoms with van der Waals surface area (Å²) in [4.78, 5) is 33.7. The van der Waals surface area contributed by atoms with Crippen molar-refractivity contribution in [2.45, 2.75) is 37.4 Å². The van der Waals surface area contributed by atoms with Crippen molar-refractivity contribution >= 4 is 39.2 Å². The van der Waals surface area contributed by atoms with E-state index in [2.05, 4.69) is 0 Å². The summed E-state index contributed by atoms with van der Waals surface area (Å²) in [5, 5.41) is 9.94. The minimum absolute atomic E-state index is 0.0377. The van der Waals surface area contributed by atoms with Crippen LogP contribution in [0.4, 0.5) is 0 Å². The van der Waals surface area contributed by atoms with Crippen LogP contribution in [0.5, 0.6) is 0 Å². The van der Waals surface area contributed by atoms with E-state index in [9.17, 15) is 9.59 Å². The van der Waals surface area contributed by atoms with Crippen LogP contribution < -0.4 is 5.56 Å². The molecule has 0 aromatic carbocycles. The van der Waals surface area contributed by atoms with E-state index in [-0.39, 0.29) is 17.2 Å². The molecule has 0 saturated heterocycles. The Labute approximate surface area is 165 Å². The van der Waals surface area contributed by atoms with Crippen LogP contribution in [0.1, 0.15) is 23.3 Å². The topological polar surface area (TPSA) is 88.2 Å². The Hall–Kier alpha value is -1.89. The van der Waals surface area contributed by atoms with Crippen molar-refractivity contribution in [1.82, 2.24) is 14.5 Å². The fraction of sp³-hybridized carbons (Fsp3) is 0.556. The molecular formula is C18H22N4O3S2. The molecule has 0 atom stereocenters. The number of methoxy groups -OCH3 is 1. The van der Waals surface area contributed by atoms with Crippen LogP contribution in [0.3, 0.4) is 0 Å². The SMILES string of the molecule is COCCn1c(SCC(=O)N(C)CCC#N)nc2sc3c(c2c1=O)CCC3. The number of amides is 1. The van der Waals surface area contributed by atoms with Crippen LogP contribution in [0.15, 0.2) is 9.95 Å². The first-order chi connectivity index (χ1) is 13.1. The number of thiophene rings is 1. The monoisotopic (exact) mass is 406 g/mol. The van der Waals surface area contributed by atoms with Gasteiger partial charge in [0.15, 0.2) is 5.16 Å². The summed E-state index contributed by atoms with van der Waals surface area (Å²) in [6.45, 7) is 1.21. The van der Waals surface area contributed by atoms with Gasteiger partial charge in [-0.25, -0.2) is 4.98 Å². The number of aryl methyl sites for hydroxylation is 2. The molecule has 0 fully saturated rings. The van der Waals surface area contributed by atoms with Gasteiger partial charge in [-0.1, -0.05) is 11.8 Å². The Kier molecular flexibility index (Phi) is 6.52. The molecule has 1 aliphatic rings. The van der Waals surface area contributed by atoms with Gasteiger partial charge in [0.05, 0.1) is 36.8 Å². The first-order valence-electron chi connectivity index (χ1n) is 8.84. The van der Waals surface area contributed by atoms with E-state index in [1.165, 1.54) is 21.5 Å². The van der Waals surface area contributed by atoms with Crippen molar-refractivity contribution < 1.29 is 9.53 Å². The number of hydrogen-bond acceptors (Lipinski definition) is 7. The highest BCUT2D eigenvalue weighted by Gasteiger charge is 2.23. The number of nitrogens with zero attached hydrogens (tertiary/aromatic N) is 4. The minimum Gasteiger partial charge on any atom is -0.383 e. The summed E-state index contributed by atoms with van der Waals surface area (Å²) >= 11 is 2.86. The minimum atomic E-state index is -0.0865. The van der Waals surface area contributed by atoms with Gasteiger partial charge in [-0.3, -0.25) is 14.2 Å². The second-order valence-corrected chi connectivity index (χ2v) is 8.42. The van der Waals surface area contributed by atoms with Crippen LogP contribution >= 0.6 is 23.1 Å². The van der Waals surface area contributed by atoms with Crippen molar-refractivity contribution in [3.8, 4) is 6.07 Å². The maximum atomic E-state index is 13.1. The van der Waals surface area contributed by atoms with Gasteiger partial charge < -0.3 is 9.64 Å². The predicted octanol–water partition coefficient (Wildman–Crippen LogP) is 2.06. The largest absolute Gasteiger partial charge is 0.383 e. The quantitative estimate of drug-likeness (QED) is 0.492. The summed E-state index contributed by atoms with van der Waals surface area (Å²) in [5.74, 6) is 0.0920. The van der Waals surface area contributed by atoms with Crippen molar-refractivity contribution in [3.63, 3.8) is 0 Å². The van der Waals surface area contributed by atoms with E-state index in [4.69, 9.17) is 15.0 Å². The van der Waals surface area contributed by atoms with Crippen molar-refractivity contribution in [2.24, 2.45) is 0 Å². The van der Waals surface area contributed by atoms with Crippen molar-refractivity contribution in [3.05, 3.63) is 20.8 Å².